The molecule has 2 aromatic carbocycles. The second kappa shape index (κ2) is 5.63. The minimum Gasteiger partial charge on any atom is -0.381 e. The first-order valence-corrected chi connectivity index (χ1v) is 6.22. The quantitative estimate of drug-likeness (QED) is 0.811. The van der Waals surface area contributed by atoms with Crippen molar-refractivity contribution in [2.24, 2.45) is 0 Å². The molecular weight excluding hydrogens is 277 g/mol. The van der Waals surface area contributed by atoms with Crippen LogP contribution in [-0.2, 0) is 6.54 Å². The summed E-state index contributed by atoms with van der Waals surface area (Å²) in [5, 5.41) is 5.32. The summed E-state index contributed by atoms with van der Waals surface area (Å²) in [4.78, 5) is 0. The van der Waals surface area contributed by atoms with Crippen LogP contribution in [0.3, 0.4) is 0 Å². The molecule has 2 rings (SSSR count). The van der Waals surface area contributed by atoms with E-state index < -0.39 is 0 Å². The van der Waals surface area contributed by atoms with Crippen LogP contribution in [0.5, 0.6) is 0 Å². The molecule has 88 valence electrons. The Morgan fingerprint density at radius 1 is 0.882 bits per heavy atom. The Balaban J connectivity index is 2.09. The third-order valence-electron chi connectivity index (χ3n) is 2.32. The molecule has 0 aliphatic heterocycles. The van der Waals surface area contributed by atoms with E-state index in [1.54, 1.807) is 12.1 Å². The van der Waals surface area contributed by atoms with Crippen LogP contribution in [0, 0.1) is 0 Å². The summed E-state index contributed by atoms with van der Waals surface area (Å²) in [5.41, 5.74) is 1.91. The summed E-state index contributed by atoms with van der Waals surface area (Å²) in [6, 6.07) is 12.9. The molecule has 0 aliphatic rings. The average Bonchev–Trinajstić information content (AvgIpc) is 2.30. The fourth-order valence-electron chi connectivity index (χ4n) is 1.47. The topological polar surface area (TPSA) is 12.0 Å². The highest BCUT2D eigenvalue weighted by Gasteiger charge is 2.01. The molecular formula is C13H10Cl3N. The molecule has 0 fully saturated rings. The Morgan fingerprint density at radius 3 is 2.41 bits per heavy atom. The SMILES string of the molecule is Clc1cccc(NCc2cc(Cl)ccc2Cl)c1. The molecule has 0 spiro atoms. The lowest BCUT2D eigenvalue weighted by molar-refractivity contribution is 1.15. The van der Waals surface area contributed by atoms with Gasteiger partial charge in [-0.25, -0.2) is 0 Å². The Morgan fingerprint density at radius 2 is 1.65 bits per heavy atom. The van der Waals surface area contributed by atoms with Gasteiger partial charge >= 0.3 is 0 Å². The van der Waals surface area contributed by atoms with Gasteiger partial charge in [-0.05, 0) is 42.0 Å². The van der Waals surface area contributed by atoms with Gasteiger partial charge < -0.3 is 5.32 Å². The molecule has 17 heavy (non-hydrogen) atoms. The minimum absolute atomic E-state index is 0.611. The summed E-state index contributed by atoms with van der Waals surface area (Å²) >= 11 is 17.9. The van der Waals surface area contributed by atoms with Crippen LogP contribution in [0.25, 0.3) is 0 Å². The average molecular weight is 287 g/mol. The molecule has 0 atom stereocenters. The van der Waals surface area contributed by atoms with Gasteiger partial charge in [-0.2, -0.15) is 0 Å². The first-order valence-electron chi connectivity index (χ1n) is 5.08. The van der Waals surface area contributed by atoms with E-state index in [0.29, 0.717) is 21.6 Å². The lowest BCUT2D eigenvalue weighted by Gasteiger charge is -2.08. The molecule has 4 heteroatoms. The van der Waals surface area contributed by atoms with E-state index in [-0.39, 0.29) is 0 Å². The van der Waals surface area contributed by atoms with Crippen LogP contribution in [0.2, 0.25) is 15.1 Å². The smallest absolute Gasteiger partial charge is 0.0456 e. The summed E-state index contributed by atoms with van der Waals surface area (Å²) in [6.07, 6.45) is 0. The van der Waals surface area contributed by atoms with Crippen molar-refractivity contribution in [2.75, 3.05) is 5.32 Å². The molecule has 2 aromatic rings. The Labute approximate surface area is 115 Å². The molecule has 0 bridgehead atoms. The molecule has 0 amide bonds. The number of benzene rings is 2. The van der Waals surface area contributed by atoms with Crippen LogP contribution >= 0.6 is 34.8 Å². The molecule has 0 saturated heterocycles. The zero-order chi connectivity index (χ0) is 12.3. The predicted molar refractivity (Wildman–Crippen MR) is 75.2 cm³/mol. The zero-order valence-corrected chi connectivity index (χ0v) is 11.2. The normalized spacial score (nSPS) is 10.3. The van der Waals surface area contributed by atoms with Crippen molar-refractivity contribution in [3.8, 4) is 0 Å². The summed E-state index contributed by atoms with van der Waals surface area (Å²) < 4.78 is 0. The highest BCUT2D eigenvalue weighted by Crippen LogP contribution is 2.22. The van der Waals surface area contributed by atoms with Crippen LogP contribution in [0.15, 0.2) is 42.5 Å². The Bertz CT molecular complexity index is 526. The van der Waals surface area contributed by atoms with Crippen molar-refractivity contribution < 1.29 is 0 Å². The maximum atomic E-state index is 6.07. The molecule has 1 nitrogen and oxygen atoms in total. The molecule has 1 N–H and O–H groups in total. The van der Waals surface area contributed by atoms with Gasteiger partial charge in [-0.1, -0.05) is 40.9 Å². The van der Waals surface area contributed by atoms with Crippen LogP contribution in [0.4, 0.5) is 5.69 Å². The van der Waals surface area contributed by atoms with Gasteiger partial charge in [0.2, 0.25) is 0 Å². The van der Waals surface area contributed by atoms with E-state index in [1.165, 1.54) is 0 Å². The van der Waals surface area contributed by atoms with Gasteiger partial charge in [-0.15, -0.1) is 0 Å². The lowest BCUT2D eigenvalue weighted by atomic mass is 10.2. The van der Waals surface area contributed by atoms with Crippen molar-refractivity contribution in [1.29, 1.82) is 0 Å². The van der Waals surface area contributed by atoms with E-state index >= 15 is 0 Å². The van der Waals surface area contributed by atoms with Crippen LogP contribution < -0.4 is 5.32 Å². The fourth-order valence-corrected chi connectivity index (χ4v) is 2.04. The third-order valence-corrected chi connectivity index (χ3v) is 3.15. The first kappa shape index (κ1) is 12.6. The highest BCUT2D eigenvalue weighted by atomic mass is 35.5. The molecule has 0 unspecified atom stereocenters. The van der Waals surface area contributed by atoms with E-state index in [4.69, 9.17) is 34.8 Å². The maximum absolute atomic E-state index is 6.07. The zero-order valence-electron chi connectivity index (χ0n) is 8.88. The van der Waals surface area contributed by atoms with Crippen molar-refractivity contribution in [1.82, 2.24) is 0 Å². The second-order valence-electron chi connectivity index (χ2n) is 3.60. The monoisotopic (exact) mass is 285 g/mol. The summed E-state index contributed by atoms with van der Waals surface area (Å²) in [6.45, 7) is 0.611. The number of nitrogens with one attached hydrogen (secondary N) is 1. The second-order valence-corrected chi connectivity index (χ2v) is 4.88. The van der Waals surface area contributed by atoms with E-state index in [1.807, 2.05) is 30.3 Å². The van der Waals surface area contributed by atoms with Gasteiger partial charge in [0.1, 0.15) is 0 Å². The van der Waals surface area contributed by atoms with Crippen molar-refractivity contribution in [3.63, 3.8) is 0 Å². The third kappa shape index (κ3) is 3.53. The van der Waals surface area contributed by atoms with E-state index in [2.05, 4.69) is 5.32 Å². The van der Waals surface area contributed by atoms with Crippen molar-refractivity contribution >= 4 is 40.5 Å². The number of hydrogen-bond donors (Lipinski definition) is 1. The minimum atomic E-state index is 0.611. The molecule has 0 saturated carbocycles. The number of anilines is 1. The largest absolute Gasteiger partial charge is 0.381 e. The molecule has 0 aliphatic carbocycles. The van der Waals surface area contributed by atoms with Crippen LogP contribution in [-0.4, -0.2) is 0 Å². The number of rotatable bonds is 3. The van der Waals surface area contributed by atoms with Gasteiger partial charge in [0, 0.05) is 27.3 Å². The van der Waals surface area contributed by atoms with Gasteiger partial charge in [0.15, 0.2) is 0 Å². The van der Waals surface area contributed by atoms with Crippen molar-refractivity contribution in [3.05, 3.63) is 63.1 Å². The van der Waals surface area contributed by atoms with Crippen LogP contribution in [0.1, 0.15) is 5.56 Å². The van der Waals surface area contributed by atoms with E-state index in [0.717, 1.165) is 11.3 Å². The number of hydrogen-bond acceptors (Lipinski definition) is 1. The lowest BCUT2D eigenvalue weighted by Crippen LogP contribution is -1.99. The highest BCUT2D eigenvalue weighted by molar-refractivity contribution is 6.33. The Hall–Kier alpha value is -0.890. The Kier molecular flexibility index (Phi) is 4.16. The predicted octanol–water partition coefficient (Wildman–Crippen LogP) is 5.26. The molecule has 0 aromatic heterocycles. The van der Waals surface area contributed by atoms with Crippen molar-refractivity contribution in [2.45, 2.75) is 6.54 Å². The summed E-state index contributed by atoms with van der Waals surface area (Å²) in [5.74, 6) is 0. The van der Waals surface area contributed by atoms with Gasteiger partial charge in [-0.3, -0.25) is 0 Å². The fraction of sp³-hybridized carbons (Fsp3) is 0.0769. The molecule has 0 radical (unpaired) electrons. The maximum Gasteiger partial charge on any atom is 0.0456 e. The standard InChI is InChI=1S/C13H10Cl3N/c14-10-2-1-3-12(7-10)17-8-9-6-11(15)4-5-13(9)16/h1-7,17H,8H2. The first-order chi connectivity index (χ1) is 8.15. The van der Waals surface area contributed by atoms with E-state index in [9.17, 15) is 0 Å². The summed E-state index contributed by atoms with van der Waals surface area (Å²) in [7, 11) is 0. The number of halogens is 3. The molecule has 0 heterocycles. The van der Waals surface area contributed by atoms with Gasteiger partial charge in [0.05, 0.1) is 0 Å². The van der Waals surface area contributed by atoms with Gasteiger partial charge in [0.25, 0.3) is 0 Å².